The smallest absolute Gasteiger partial charge is 0.264 e. The summed E-state index contributed by atoms with van der Waals surface area (Å²) >= 11 is 0. The molecule has 7 nitrogen and oxygen atoms in total. The van der Waals surface area contributed by atoms with Gasteiger partial charge in [-0.2, -0.15) is 16.8 Å². The Balaban J connectivity index is 0.000000437. The number of aryl methyl sites for hydroxylation is 1. The van der Waals surface area contributed by atoms with E-state index >= 15 is 0 Å². The van der Waals surface area contributed by atoms with Gasteiger partial charge < -0.3 is 4.74 Å². The lowest BCUT2D eigenvalue weighted by atomic mass is 10.2. The Morgan fingerprint density at radius 3 is 1.35 bits per heavy atom. The van der Waals surface area contributed by atoms with Gasteiger partial charge in [0, 0.05) is 0 Å². The van der Waals surface area contributed by atoms with E-state index in [1.54, 1.807) is 0 Å². The van der Waals surface area contributed by atoms with E-state index in [1.165, 1.54) is 5.56 Å². The van der Waals surface area contributed by atoms with Crippen molar-refractivity contribution >= 4 is 20.2 Å². The van der Waals surface area contributed by atoms with Crippen molar-refractivity contribution < 1.29 is 29.9 Å². The number of benzene rings is 2. The van der Waals surface area contributed by atoms with E-state index < -0.39 is 20.2 Å². The zero-order valence-electron chi connectivity index (χ0n) is 15.4. The van der Waals surface area contributed by atoms with Crippen LogP contribution in [0.25, 0.3) is 0 Å². The minimum atomic E-state index is -3.16. The first-order valence-electron chi connectivity index (χ1n) is 7.27. The summed E-state index contributed by atoms with van der Waals surface area (Å²) in [5.41, 5.74) is 1.24. The first kappa shape index (κ1) is 24.1. The SMILES string of the molecule is COS(C)(=O)=O.COS(C)(=O)=O.Cc1ccc(Oc2ccccc2)cc1. The molecule has 0 radical (unpaired) electrons. The molecule has 0 aromatic heterocycles. The van der Waals surface area contributed by atoms with Crippen molar-refractivity contribution in [3.8, 4) is 11.5 Å². The van der Waals surface area contributed by atoms with Crippen molar-refractivity contribution in [1.29, 1.82) is 0 Å². The van der Waals surface area contributed by atoms with Crippen LogP contribution in [0.1, 0.15) is 5.56 Å². The number of para-hydroxylation sites is 1. The van der Waals surface area contributed by atoms with E-state index in [2.05, 4.69) is 15.3 Å². The fourth-order valence-electron chi connectivity index (χ4n) is 1.23. The molecule has 0 bridgehead atoms. The minimum absolute atomic E-state index is 0.872. The molecule has 2 aromatic carbocycles. The highest BCUT2D eigenvalue weighted by Gasteiger charge is 1.94. The van der Waals surface area contributed by atoms with Crippen molar-refractivity contribution in [2.24, 2.45) is 0 Å². The standard InChI is InChI=1S/C13H12O.2C2H6O3S/c1-11-7-9-13(10-8-11)14-12-5-3-2-4-6-12;2*1-5-6(2,3)4/h2-10H,1H3;2*1-2H3. The molecule has 0 aliphatic rings. The molecule has 2 aromatic rings. The van der Waals surface area contributed by atoms with Crippen LogP contribution in [0.3, 0.4) is 0 Å². The van der Waals surface area contributed by atoms with Crippen LogP contribution in [0.5, 0.6) is 11.5 Å². The largest absolute Gasteiger partial charge is 0.457 e. The van der Waals surface area contributed by atoms with Gasteiger partial charge in [-0.3, -0.25) is 8.37 Å². The molecule has 26 heavy (non-hydrogen) atoms. The Kier molecular flexibility index (Phi) is 10.8. The van der Waals surface area contributed by atoms with Gasteiger partial charge in [0.2, 0.25) is 0 Å². The van der Waals surface area contributed by atoms with E-state index in [0.29, 0.717) is 0 Å². The second-order valence-corrected chi connectivity index (χ2v) is 8.45. The predicted molar refractivity (Wildman–Crippen MR) is 101 cm³/mol. The topological polar surface area (TPSA) is 96.0 Å². The molecule has 0 spiro atoms. The molecule has 0 saturated carbocycles. The summed E-state index contributed by atoms with van der Waals surface area (Å²) in [6, 6.07) is 17.8. The van der Waals surface area contributed by atoms with Gasteiger partial charge in [-0.1, -0.05) is 35.9 Å². The zero-order valence-corrected chi connectivity index (χ0v) is 17.0. The highest BCUT2D eigenvalue weighted by molar-refractivity contribution is 7.86. The van der Waals surface area contributed by atoms with Gasteiger partial charge in [0.25, 0.3) is 20.2 Å². The van der Waals surface area contributed by atoms with E-state index in [0.717, 1.165) is 38.2 Å². The average Bonchev–Trinajstić information content (AvgIpc) is 2.58. The maximum absolute atomic E-state index is 9.78. The average molecular weight is 405 g/mol. The van der Waals surface area contributed by atoms with Gasteiger partial charge in [-0.15, -0.1) is 0 Å². The number of hydrogen-bond donors (Lipinski definition) is 0. The highest BCUT2D eigenvalue weighted by Crippen LogP contribution is 2.20. The first-order chi connectivity index (χ1) is 12.0. The molecule has 0 aliphatic carbocycles. The lowest BCUT2D eigenvalue weighted by molar-refractivity contribution is 0.402. The van der Waals surface area contributed by atoms with Crippen LogP contribution < -0.4 is 4.74 Å². The summed E-state index contributed by atoms with van der Waals surface area (Å²) in [7, 11) is -4.08. The Bertz CT molecular complexity index is 796. The van der Waals surface area contributed by atoms with Crippen molar-refractivity contribution in [3.05, 3.63) is 60.2 Å². The Hall–Kier alpha value is -1.94. The Morgan fingerprint density at radius 2 is 1.00 bits per heavy atom. The predicted octanol–water partition coefficient (Wildman–Crippen LogP) is 2.97. The maximum Gasteiger partial charge on any atom is 0.264 e. The van der Waals surface area contributed by atoms with Crippen molar-refractivity contribution in [1.82, 2.24) is 0 Å². The quantitative estimate of drug-likeness (QED) is 0.723. The van der Waals surface area contributed by atoms with Crippen LogP contribution in [0, 0.1) is 6.92 Å². The molecular formula is C17H24O7S2. The van der Waals surface area contributed by atoms with Gasteiger partial charge in [-0.25, -0.2) is 0 Å². The van der Waals surface area contributed by atoms with Gasteiger partial charge in [0.15, 0.2) is 0 Å². The molecule has 0 atom stereocenters. The Morgan fingerprint density at radius 1 is 0.654 bits per heavy atom. The van der Waals surface area contributed by atoms with Gasteiger partial charge >= 0.3 is 0 Å². The molecule has 0 fully saturated rings. The molecular weight excluding hydrogens is 380 g/mol. The highest BCUT2D eigenvalue weighted by atomic mass is 32.2. The molecule has 146 valence electrons. The minimum Gasteiger partial charge on any atom is -0.457 e. The maximum atomic E-state index is 9.78. The molecule has 0 heterocycles. The lowest BCUT2D eigenvalue weighted by Crippen LogP contribution is -1.95. The summed E-state index contributed by atoms with van der Waals surface area (Å²) < 4.78 is 52.6. The van der Waals surface area contributed by atoms with E-state index in [-0.39, 0.29) is 0 Å². The van der Waals surface area contributed by atoms with Gasteiger partial charge in [0.05, 0.1) is 26.7 Å². The van der Waals surface area contributed by atoms with Crippen molar-refractivity contribution in [2.45, 2.75) is 6.92 Å². The summed E-state index contributed by atoms with van der Waals surface area (Å²) in [5, 5.41) is 0. The van der Waals surface area contributed by atoms with Crippen molar-refractivity contribution in [2.75, 3.05) is 26.7 Å². The molecule has 2 rings (SSSR count). The number of hydrogen-bond acceptors (Lipinski definition) is 7. The van der Waals surface area contributed by atoms with Crippen LogP contribution in [-0.4, -0.2) is 43.6 Å². The molecule has 0 unspecified atom stereocenters. The van der Waals surface area contributed by atoms with E-state index in [4.69, 9.17) is 4.74 Å². The lowest BCUT2D eigenvalue weighted by Gasteiger charge is -2.04. The normalized spacial score (nSPS) is 10.7. The van der Waals surface area contributed by atoms with E-state index in [9.17, 15) is 16.8 Å². The molecule has 9 heteroatoms. The van der Waals surface area contributed by atoms with Crippen molar-refractivity contribution in [3.63, 3.8) is 0 Å². The molecule has 0 N–H and O–H groups in total. The second-order valence-electron chi connectivity index (χ2n) is 4.97. The number of rotatable bonds is 4. The summed E-state index contributed by atoms with van der Waals surface area (Å²) in [6.07, 6.45) is 1.99. The van der Waals surface area contributed by atoms with E-state index in [1.807, 2.05) is 54.6 Å². The second kappa shape index (κ2) is 11.6. The third-order valence-electron chi connectivity index (χ3n) is 2.61. The van der Waals surface area contributed by atoms with Gasteiger partial charge in [0.1, 0.15) is 11.5 Å². The third kappa shape index (κ3) is 14.4. The number of ether oxygens (including phenoxy) is 1. The monoisotopic (exact) mass is 404 g/mol. The van der Waals surface area contributed by atoms with Crippen LogP contribution in [0.4, 0.5) is 0 Å². The van der Waals surface area contributed by atoms with Crippen LogP contribution in [0.15, 0.2) is 54.6 Å². The summed E-state index contributed by atoms with van der Waals surface area (Å²) in [4.78, 5) is 0. The summed E-state index contributed by atoms with van der Waals surface area (Å²) in [6.45, 7) is 2.06. The fourth-order valence-corrected chi connectivity index (χ4v) is 1.23. The molecule has 0 aliphatic heterocycles. The fraction of sp³-hybridized carbons (Fsp3) is 0.294. The van der Waals surface area contributed by atoms with Crippen LogP contribution >= 0.6 is 0 Å². The Labute approximate surface area is 155 Å². The van der Waals surface area contributed by atoms with Crippen LogP contribution in [0.2, 0.25) is 0 Å². The summed E-state index contributed by atoms with van der Waals surface area (Å²) in [5.74, 6) is 1.75. The van der Waals surface area contributed by atoms with Gasteiger partial charge in [-0.05, 0) is 31.2 Å². The van der Waals surface area contributed by atoms with Crippen LogP contribution in [-0.2, 0) is 28.6 Å². The third-order valence-corrected chi connectivity index (χ3v) is 3.82. The molecule has 0 saturated heterocycles. The first-order valence-corrected chi connectivity index (χ1v) is 10.9. The zero-order chi connectivity index (χ0) is 20.2. The molecule has 0 amide bonds.